The van der Waals surface area contributed by atoms with Gasteiger partial charge in [0, 0.05) is 19.6 Å². The Morgan fingerprint density at radius 2 is 1.87 bits per heavy atom. The summed E-state index contributed by atoms with van der Waals surface area (Å²) in [7, 11) is 1.58. The van der Waals surface area contributed by atoms with E-state index < -0.39 is 6.36 Å². The first-order valence-corrected chi connectivity index (χ1v) is 9.52. The molecule has 1 fully saturated rings. The van der Waals surface area contributed by atoms with Gasteiger partial charge in [-0.15, -0.1) is 13.2 Å². The Hall–Kier alpha value is -2.94. The Morgan fingerprint density at radius 3 is 2.57 bits per heavy atom. The SMILES string of the molecule is COc1ccc2c(c1)CN(Cc1ccc(OC(F)(F)F)cc1)CCC1COC(=O)N21. The molecule has 160 valence electrons. The van der Waals surface area contributed by atoms with E-state index in [0.717, 1.165) is 23.2 Å². The number of alkyl halides is 3. The first-order chi connectivity index (χ1) is 14.3. The molecule has 1 unspecified atom stereocenters. The Bertz CT molecular complexity index is 917. The van der Waals surface area contributed by atoms with Crippen LogP contribution in [0.4, 0.5) is 23.7 Å². The second-order valence-electron chi connectivity index (χ2n) is 7.29. The summed E-state index contributed by atoms with van der Waals surface area (Å²) >= 11 is 0. The summed E-state index contributed by atoms with van der Waals surface area (Å²) in [6.07, 6.45) is -4.33. The number of hydrogen-bond acceptors (Lipinski definition) is 5. The molecule has 6 nitrogen and oxygen atoms in total. The van der Waals surface area contributed by atoms with Gasteiger partial charge in [0.05, 0.1) is 18.8 Å². The maximum absolute atomic E-state index is 12.4. The minimum atomic E-state index is -4.71. The standard InChI is InChI=1S/C21H21F3N2O4/c1-28-18-6-7-19-15(10-18)12-25(9-8-16-13-29-20(27)26(16)19)11-14-2-4-17(5-3-14)30-21(22,23)24/h2-7,10,16H,8-9,11-13H2,1H3. The number of cyclic esters (lactones) is 1. The van der Waals surface area contributed by atoms with Gasteiger partial charge in [-0.1, -0.05) is 12.1 Å². The number of carbonyl (C=O) groups excluding carboxylic acids is 1. The van der Waals surface area contributed by atoms with Crippen molar-refractivity contribution < 1.29 is 32.2 Å². The second kappa shape index (κ2) is 8.06. The molecule has 2 heterocycles. The first-order valence-electron chi connectivity index (χ1n) is 9.52. The normalized spacial score (nSPS) is 19.4. The topological polar surface area (TPSA) is 51.2 Å². The number of carbonyl (C=O) groups is 1. The number of rotatable bonds is 4. The van der Waals surface area contributed by atoms with E-state index in [0.29, 0.717) is 32.0 Å². The highest BCUT2D eigenvalue weighted by atomic mass is 19.4. The van der Waals surface area contributed by atoms with Crippen molar-refractivity contribution in [2.24, 2.45) is 0 Å². The molecule has 0 bridgehead atoms. The fourth-order valence-corrected chi connectivity index (χ4v) is 3.86. The van der Waals surface area contributed by atoms with Crippen LogP contribution in [-0.4, -0.2) is 43.7 Å². The molecular weight excluding hydrogens is 401 g/mol. The molecule has 0 aliphatic carbocycles. The summed E-state index contributed by atoms with van der Waals surface area (Å²) in [5.74, 6) is 0.443. The van der Waals surface area contributed by atoms with Crippen LogP contribution in [0.2, 0.25) is 0 Å². The van der Waals surface area contributed by atoms with Crippen LogP contribution < -0.4 is 14.4 Å². The lowest BCUT2D eigenvalue weighted by atomic mass is 10.0. The predicted octanol–water partition coefficient (Wildman–Crippen LogP) is 4.32. The molecule has 0 spiro atoms. The summed E-state index contributed by atoms with van der Waals surface area (Å²) in [5, 5.41) is 0. The van der Waals surface area contributed by atoms with Crippen LogP contribution in [0, 0.1) is 0 Å². The van der Waals surface area contributed by atoms with Crippen LogP contribution in [0.5, 0.6) is 11.5 Å². The molecule has 2 aromatic rings. The summed E-state index contributed by atoms with van der Waals surface area (Å²) in [5.41, 5.74) is 2.59. The fraction of sp³-hybridized carbons (Fsp3) is 0.381. The van der Waals surface area contributed by atoms with Gasteiger partial charge in [-0.25, -0.2) is 4.79 Å². The van der Waals surface area contributed by atoms with Crippen LogP contribution >= 0.6 is 0 Å². The van der Waals surface area contributed by atoms with E-state index in [1.807, 2.05) is 18.2 Å². The summed E-state index contributed by atoms with van der Waals surface area (Å²) in [6, 6.07) is 11.4. The molecule has 1 atom stereocenters. The van der Waals surface area contributed by atoms with Gasteiger partial charge < -0.3 is 14.2 Å². The largest absolute Gasteiger partial charge is 0.573 e. The van der Waals surface area contributed by atoms with E-state index in [9.17, 15) is 18.0 Å². The highest BCUT2D eigenvalue weighted by Gasteiger charge is 2.37. The van der Waals surface area contributed by atoms with Crippen molar-refractivity contribution in [3.05, 3.63) is 53.6 Å². The van der Waals surface area contributed by atoms with Gasteiger partial charge in [0.25, 0.3) is 0 Å². The lowest BCUT2D eigenvalue weighted by Gasteiger charge is -2.32. The third-order valence-corrected chi connectivity index (χ3v) is 5.24. The quantitative estimate of drug-likeness (QED) is 0.735. The number of hydrogen-bond donors (Lipinski definition) is 0. The molecule has 1 saturated heterocycles. The van der Waals surface area contributed by atoms with Gasteiger partial charge in [-0.3, -0.25) is 9.80 Å². The molecule has 2 aromatic carbocycles. The molecule has 1 amide bonds. The molecule has 2 aliphatic heterocycles. The van der Waals surface area contributed by atoms with Crippen molar-refractivity contribution in [3.8, 4) is 11.5 Å². The highest BCUT2D eigenvalue weighted by Crippen LogP contribution is 2.34. The zero-order chi connectivity index (χ0) is 21.3. The minimum Gasteiger partial charge on any atom is -0.497 e. The highest BCUT2D eigenvalue weighted by molar-refractivity contribution is 5.91. The average molecular weight is 422 g/mol. The third-order valence-electron chi connectivity index (χ3n) is 5.24. The van der Waals surface area contributed by atoms with Gasteiger partial charge >= 0.3 is 12.5 Å². The number of nitrogens with zero attached hydrogens (tertiary/aromatic N) is 2. The Labute approximate surface area is 171 Å². The number of amides is 1. The van der Waals surface area contributed by atoms with Crippen molar-refractivity contribution >= 4 is 11.8 Å². The van der Waals surface area contributed by atoms with Crippen molar-refractivity contribution in [1.29, 1.82) is 0 Å². The van der Waals surface area contributed by atoms with Gasteiger partial charge in [-0.2, -0.15) is 0 Å². The summed E-state index contributed by atoms with van der Waals surface area (Å²) in [4.78, 5) is 16.2. The molecular formula is C21H21F3N2O4. The van der Waals surface area contributed by atoms with Crippen LogP contribution in [0.15, 0.2) is 42.5 Å². The summed E-state index contributed by atoms with van der Waals surface area (Å²) < 4.78 is 51.6. The predicted molar refractivity (Wildman–Crippen MR) is 102 cm³/mol. The van der Waals surface area contributed by atoms with E-state index in [-0.39, 0.29) is 17.9 Å². The van der Waals surface area contributed by atoms with Gasteiger partial charge in [0.15, 0.2) is 0 Å². The van der Waals surface area contributed by atoms with Crippen LogP contribution in [0.1, 0.15) is 17.5 Å². The van der Waals surface area contributed by atoms with E-state index in [2.05, 4.69) is 9.64 Å². The van der Waals surface area contributed by atoms with Crippen molar-refractivity contribution in [2.75, 3.05) is 25.2 Å². The number of fused-ring (bicyclic) bond motifs is 3. The Balaban J connectivity index is 1.55. The van der Waals surface area contributed by atoms with E-state index >= 15 is 0 Å². The fourth-order valence-electron chi connectivity index (χ4n) is 3.86. The van der Waals surface area contributed by atoms with Gasteiger partial charge in [-0.05, 0) is 47.9 Å². The van der Waals surface area contributed by atoms with E-state index in [1.165, 1.54) is 12.1 Å². The number of ether oxygens (including phenoxy) is 3. The lowest BCUT2D eigenvalue weighted by Crippen LogP contribution is -2.40. The first kappa shape index (κ1) is 20.3. The molecule has 9 heteroatoms. The zero-order valence-corrected chi connectivity index (χ0v) is 16.3. The molecule has 2 aliphatic rings. The molecule has 0 saturated carbocycles. The number of methoxy groups -OCH3 is 1. The molecule has 0 aromatic heterocycles. The number of anilines is 1. The molecule has 0 radical (unpaired) electrons. The van der Waals surface area contributed by atoms with E-state index in [1.54, 1.807) is 24.1 Å². The molecule has 0 N–H and O–H groups in total. The zero-order valence-electron chi connectivity index (χ0n) is 16.3. The smallest absolute Gasteiger partial charge is 0.497 e. The van der Waals surface area contributed by atoms with E-state index in [4.69, 9.17) is 9.47 Å². The number of benzene rings is 2. The van der Waals surface area contributed by atoms with Crippen LogP contribution in [0.25, 0.3) is 0 Å². The summed E-state index contributed by atoms with van der Waals surface area (Å²) in [6.45, 7) is 2.14. The van der Waals surface area contributed by atoms with Crippen molar-refractivity contribution in [1.82, 2.24) is 4.90 Å². The average Bonchev–Trinajstić information content (AvgIpc) is 3.04. The number of halogens is 3. The van der Waals surface area contributed by atoms with Crippen LogP contribution in [-0.2, 0) is 17.8 Å². The maximum atomic E-state index is 12.4. The molecule has 30 heavy (non-hydrogen) atoms. The minimum absolute atomic E-state index is 0.0602. The van der Waals surface area contributed by atoms with Crippen LogP contribution in [0.3, 0.4) is 0 Å². The lowest BCUT2D eigenvalue weighted by molar-refractivity contribution is -0.274. The molecule has 4 rings (SSSR count). The Morgan fingerprint density at radius 1 is 1.13 bits per heavy atom. The van der Waals surface area contributed by atoms with Gasteiger partial charge in [0.1, 0.15) is 18.1 Å². The second-order valence-corrected chi connectivity index (χ2v) is 7.29. The third kappa shape index (κ3) is 4.46. The maximum Gasteiger partial charge on any atom is 0.573 e. The Kier molecular flexibility index (Phi) is 5.46. The van der Waals surface area contributed by atoms with Gasteiger partial charge in [0.2, 0.25) is 0 Å². The monoisotopic (exact) mass is 422 g/mol. The van der Waals surface area contributed by atoms with Crippen molar-refractivity contribution in [2.45, 2.75) is 31.9 Å². The van der Waals surface area contributed by atoms with Crippen molar-refractivity contribution in [3.63, 3.8) is 0 Å².